The zero-order chi connectivity index (χ0) is 20.5. The Morgan fingerprint density at radius 3 is 2.77 bits per heavy atom. The maximum atomic E-state index is 13.1. The summed E-state index contributed by atoms with van der Waals surface area (Å²) in [5.74, 6) is 1.59. The number of rotatable bonds is 5. The number of fused-ring (bicyclic) bond motifs is 2. The molecule has 0 atom stereocenters. The molecule has 8 heteroatoms. The molecule has 1 aliphatic heterocycles. The number of carbonyl (C=O) groups is 1. The van der Waals surface area contributed by atoms with E-state index < -0.39 is 0 Å². The number of nitrogens with one attached hydrogen (secondary N) is 1. The molecule has 30 heavy (non-hydrogen) atoms. The molecule has 2 aromatic carbocycles. The van der Waals surface area contributed by atoms with Gasteiger partial charge in [-0.1, -0.05) is 18.2 Å². The first-order valence-corrected chi connectivity index (χ1v) is 9.36. The summed E-state index contributed by atoms with van der Waals surface area (Å²) in [6.07, 6.45) is 1.45. The lowest BCUT2D eigenvalue weighted by atomic mass is 10.1. The molecule has 5 rings (SSSR count). The number of amides is 1. The minimum atomic E-state index is -0.312. The molecule has 1 N–H and O–H groups in total. The Morgan fingerprint density at radius 2 is 1.90 bits per heavy atom. The van der Waals surface area contributed by atoms with Crippen LogP contribution in [0.4, 0.5) is 0 Å². The third kappa shape index (κ3) is 3.39. The molecule has 0 aliphatic carbocycles. The number of furan rings is 1. The number of H-pyrrole nitrogens is 1. The number of hydrogen-bond donors (Lipinski definition) is 1. The van der Waals surface area contributed by atoms with Crippen LogP contribution in [0.3, 0.4) is 0 Å². The van der Waals surface area contributed by atoms with Crippen LogP contribution in [0.1, 0.15) is 21.9 Å². The Morgan fingerprint density at radius 1 is 1.03 bits per heavy atom. The molecular weight excluding hydrogens is 386 g/mol. The lowest BCUT2D eigenvalue weighted by molar-refractivity contribution is 0.0693. The number of benzene rings is 2. The van der Waals surface area contributed by atoms with E-state index in [-0.39, 0.29) is 37.1 Å². The van der Waals surface area contributed by atoms with Crippen LogP contribution in [0.2, 0.25) is 0 Å². The van der Waals surface area contributed by atoms with E-state index in [1.54, 1.807) is 35.2 Å². The van der Waals surface area contributed by atoms with Gasteiger partial charge in [0.2, 0.25) is 6.79 Å². The van der Waals surface area contributed by atoms with E-state index in [2.05, 4.69) is 9.97 Å². The number of nitrogens with zero attached hydrogens (tertiary/aromatic N) is 2. The van der Waals surface area contributed by atoms with E-state index in [1.165, 1.54) is 6.26 Å². The van der Waals surface area contributed by atoms with Crippen LogP contribution in [0.15, 0.2) is 70.1 Å². The maximum absolute atomic E-state index is 13.1. The highest BCUT2D eigenvalue weighted by molar-refractivity contribution is 5.91. The van der Waals surface area contributed by atoms with E-state index in [1.807, 2.05) is 24.3 Å². The highest BCUT2D eigenvalue weighted by Gasteiger charge is 2.22. The molecule has 0 radical (unpaired) electrons. The molecule has 0 spiro atoms. The molecule has 8 nitrogen and oxygen atoms in total. The molecule has 0 fully saturated rings. The van der Waals surface area contributed by atoms with Crippen molar-refractivity contribution >= 4 is 16.8 Å². The van der Waals surface area contributed by atoms with Crippen LogP contribution in [-0.4, -0.2) is 27.6 Å². The highest BCUT2D eigenvalue weighted by Crippen LogP contribution is 2.33. The molecule has 3 heterocycles. The van der Waals surface area contributed by atoms with Crippen molar-refractivity contribution in [3.8, 4) is 11.5 Å². The highest BCUT2D eigenvalue weighted by atomic mass is 16.7. The van der Waals surface area contributed by atoms with Crippen molar-refractivity contribution in [3.05, 3.63) is 88.4 Å². The van der Waals surface area contributed by atoms with E-state index in [0.717, 1.165) is 5.56 Å². The molecule has 4 aromatic rings. The predicted molar refractivity (Wildman–Crippen MR) is 107 cm³/mol. The Bertz CT molecular complexity index is 1280. The first-order chi connectivity index (χ1) is 14.7. The number of hydrogen-bond acceptors (Lipinski definition) is 6. The molecule has 0 saturated carbocycles. The lowest BCUT2D eigenvalue weighted by Gasteiger charge is -2.21. The number of ether oxygens (including phenoxy) is 2. The van der Waals surface area contributed by atoms with Crippen molar-refractivity contribution in [1.29, 1.82) is 0 Å². The first-order valence-electron chi connectivity index (χ1n) is 9.36. The maximum Gasteiger partial charge on any atom is 0.290 e. The van der Waals surface area contributed by atoms with Gasteiger partial charge in [0.25, 0.3) is 11.5 Å². The molecule has 1 amide bonds. The Balaban J connectivity index is 1.48. The summed E-state index contributed by atoms with van der Waals surface area (Å²) in [6.45, 7) is 0.552. The zero-order valence-corrected chi connectivity index (χ0v) is 15.8. The van der Waals surface area contributed by atoms with E-state index >= 15 is 0 Å². The average molecular weight is 403 g/mol. The second-order valence-corrected chi connectivity index (χ2v) is 6.86. The smallest absolute Gasteiger partial charge is 0.290 e. The van der Waals surface area contributed by atoms with Crippen LogP contribution in [-0.2, 0) is 13.1 Å². The van der Waals surface area contributed by atoms with Gasteiger partial charge >= 0.3 is 0 Å². The van der Waals surface area contributed by atoms with Gasteiger partial charge in [-0.25, -0.2) is 4.98 Å². The van der Waals surface area contributed by atoms with Crippen LogP contribution in [0, 0.1) is 0 Å². The Kier molecular flexibility index (Phi) is 4.44. The molecular formula is C22H17N3O5. The van der Waals surface area contributed by atoms with E-state index in [0.29, 0.717) is 28.2 Å². The molecule has 0 unspecified atom stereocenters. The van der Waals surface area contributed by atoms with Crippen molar-refractivity contribution in [2.24, 2.45) is 0 Å². The average Bonchev–Trinajstić information content (AvgIpc) is 3.44. The van der Waals surface area contributed by atoms with Crippen LogP contribution in [0.25, 0.3) is 10.9 Å². The van der Waals surface area contributed by atoms with Crippen molar-refractivity contribution < 1.29 is 18.7 Å². The minimum Gasteiger partial charge on any atom is -0.459 e. The monoisotopic (exact) mass is 403 g/mol. The summed E-state index contributed by atoms with van der Waals surface area (Å²) in [5.41, 5.74) is 1.18. The van der Waals surface area contributed by atoms with Gasteiger partial charge in [0.05, 0.1) is 23.7 Å². The predicted octanol–water partition coefficient (Wildman–Crippen LogP) is 3.09. The van der Waals surface area contributed by atoms with Crippen molar-refractivity contribution in [2.75, 3.05) is 6.79 Å². The number of aromatic nitrogens is 2. The van der Waals surface area contributed by atoms with Gasteiger partial charge in [-0.15, -0.1) is 0 Å². The third-order valence-electron chi connectivity index (χ3n) is 4.83. The van der Waals surface area contributed by atoms with Gasteiger partial charge in [0, 0.05) is 6.54 Å². The standard InChI is InChI=1S/C22H17N3O5/c26-21-15-4-1-2-5-16(15)23-20(24-21)12-25(22(27)18-6-3-9-28-18)11-14-7-8-17-19(10-14)30-13-29-17/h1-10H,11-13H2,(H,23,24,26). The van der Waals surface area contributed by atoms with Crippen molar-refractivity contribution in [2.45, 2.75) is 13.1 Å². The van der Waals surface area contributed by atoms with Gasteiger partial charge < -0.3 is 23.8 Å². The van der Waals surface area contributed by atoms with Crippen molar-refractivity contribution in [1.82, 2.24) is 14.9 Å². The number of carbonyl (C=O) groups excluding carboxylic acids is 1. The second kappa shape index (κ2) is 7.40. The van der Waals surface area contributed by atoms with Crippen LogP contribution >= 0.6 is 0 Å². The fourth-order valence-electron chi connectivity index (χ4n) is 3.41. The molecule has 1 aliphatic rings. The molecule has 2 aromatic heterocycles. The SMILES string of the molecule is O=C(c1ccco1)N(Cc1ccc2c(c1)OCO2)Cc1nc2ccccc2c(=O)[nH]1. The Hall–Kier alpha value is -4.07. The number of para-hydroxylation sites is 1. The van der Waals surface area contributed by atoms with Gasteiger partial charge in [0.15, 0.2) is 17.3 Å². The van der Waals surface area contributed by atoms with E-state index in [9.17, 15) is 9.59 Å². The van der Waals surface area contributed by atoms with E-state index in [4.69, 9.17) is 13.9 Å². The molecule has 0 saturated heterocycles. The third-order valence-corrected chi connectivity index (χ3v) is 4.83. The lowest BCUT2D eigenvalue weighted by Crippen LogP contribution is -2.31. The normalized spacial score (nSPS) is 12.3. The second-order valence-electron chi connectivity index (χ2n) is 6.86. The largest absolute Gasteiger partial charge is 0.459 e. The van der Waals surface area contributed by atoms with Gasteiger partial charge in [-0.3, -0.25) is 9.59 Å². The summed E-state index contributed by atoms with van der Waals surface area (Å²) in [5, 5.41) is 0.501. The summed E-state index contributed by atoms with van der Waals surface area (Å²) < 4.78 is 16.1. The van der Waals surface area contributed by atoms with Gasteiger partial charge in [-0.2, -0.15) is 0 Å². The van der Waals surface area contributed by atoms with Crippen LogP contribution < -0.4 is 15.0 Å². The molecule has 0 bridgehead atoms. The molecule has 150 valence electrons. The summed E-state index contributed by atoms with van der Waals surface area (Å²) >= 11 is 0. The van der Waals surface area contributed by atoms with Crippen LogP contribution in [0.5, 0.6) is 11.5 Å². The zero-order valence-electron chi connectivity index (χ0n) is 15.8. The van der Waals surface area contributed by atoms with Gasteiger partial charge in [-0.05, 0) is 42.0 Å². The summed E-state index contributed by atoms with van der Waals surface area (Å²) in [6, 6.07) is 15.8. The fraction of sp³-hybridized carbons (Fsp3) is 0.136. The van der Waals surface area contributed by atoms with Gasteiger partial charge in [0.1, 0.15) is 5.82 Å². The fourth-order valence-corrected chi connectivity index (χ4v) is 3.41. The quantitative estimate of drug-likeness (QED) is 0.550. The Labute approximate surface area is 170 Å². The first kappa shape index (κ1) is 18.0. The topological polar surface area (TPSA) is 97.7 Å². The summed E-state index contributed by atoms with van der Waals surface area (Å²) in [7, 11) is 0. The van der Waals surface area contributed by atoms with Crippen molar-refractivity contribution in [3.63, 3.8) is 0 Å². The number of aromatic amines is 1. The summed E-state index contributed by atoms with van der Waals surface area (Å²) in [4.78, 5) is 34.3. The minimum absolute atomic E-state index is 0.105.